The minimum atomic E-state index is -0.0671. The number of benzene rings is 1. The maximum Gasteiger partial charge on any atom is 0.251 e. The zero-order valence-corrected chi connectivity index (χ0v) is 22.8. The molecule has 206 valence electrons. The summed E-state index contributed by atoms with van der Waals surface area (Å²) in [7, 11) is 1.89. The minimum absolute atomic E-state index is 0.0671. The number of carbonyl (C=O) groups excluding carboxylic acids is 1. The van der Waals surface area contributed by atoms with E-state index in [1.165, 1.54) is 5.56 Å². The lowest BCUT2D eigenvalue weighted by molar-refractivity contribution is 0.0903. The molecule has 1 aromatic carbocycles. The van der Waals surface area contributed by atoms with Crippen LogP contribution >= 0.6 is 0 Å². The summed E-state index contributed by atoms with van der Waals surface area (Å²) in [6, 6.07) is 8.42. The first kappa shape index (κ1) is 25.6. The molecule has 5 heterocycles. The number of ether oxygens (including phenoxy) is 2. The number of nitrogens with one attached hydrogen (secondary N) is 2. The van der Waals surface area contributed by atoms with E-state index in [0.717, 1.165) is 92.9 Å². The molecule has 0 atom stereocenters. The molecule has 39 heavy (non-hydrogen) atoms. The Bertz CT molecular complexity index is 1310. The van der Waals surface area contributed by atoms with Gasteiger partial charge in [-0.25, -0.2) is 4.98 Å². The van der Waals surface area contributed by atoms with E-state index in [-0.39, 0.29) is 5.91 Å². The molecule has 2 fully saturated rings. The molecule has 2 aromatic heterocycles. The van der Waals surface area contributed by atoms with Gasteiger partial charge in [0.1, 0.15) is 0 Å². The van der Waals surface area contributed by atoms with Gasteiger partial charge in [0.25, 0.3) is 5.91 Å². The largest absolute Gasteiger partial charge is 0.487 e. The molecule has 2 N–H and O–H groups in total. The number of aromatic nitrogens is 4. The number of piperidine rings is 1. The number of fused-ring (bicyclic) bond motifs is 1. The van der Waals surface area contributed by atoms with E-state index >= 15 is 0 Å². The van der Waals surface area contributed by atoms with Crippen molar-refractivity contribution in [2.45, 2.75) is 57.5 Å². The Morgan fingerprint density at radius 2 is 1.82 bits per heavy atom. The van der Waals surface area contributed by atoms with E-state index in [4.69, 9.17) is 19.4 Å². The average Bonchev–Trinajstić information content (AvgIpc) is 3.58. The van der Waals surface area contributed by atoms with Crippen LogP contribution in [0.25, 0.3) is 0 Å². The molecule has 3 aromatic rings. The second kappa shape index (κ2) is 11.2. The molecule has 0 aliphatic carbocycles. The van der Waals surface area contributed by atoms with Crippen LogP contribution in [0, 0.1) is 6.92 Å². The highest BCUT2D eigenvalue weighted by Gasteiger charge is 2.28. The summed E-state index contributed by atoms with van der Waals surface area (Å²) in [6.07, 6.45) is 6.76. The molecule has 3 aliphatic heterocycles. The maximum atomic E-state index is 12.7. The Labute approximate surface area is 229 Å². The standard InChI is InChI=1S/C29H37N7O3/c1-19-23(18-35(2)34-19)17-30-28(37)22-5-3-20(4-6-22)21-7-12-36(13-8-21)29-32-25-11-16-39-26(25)27(33-29)31-24-9-14-38-15-10-24/h3-6,18,21,24H,7-17H2,1-2H3,(H,30,37)(H,31,32,33). The predicted molar refractivity (Wildman–Crippen MR) is 148 cm³/mol. The monoisotopic (exact) mass is 531 g/mol. The molecule has 0 spiro atoms. The second-order valence-electron chi connectivity index (χ2n) is 10.8. The molecule has 10 heteroatoms. The summed E-state index contributed by atoms with van der Waals surface area (Å²) in [5.41, 5.74) is 4.92. The van der Waals surface area contributed by atoms with Gasteiger partial charge >= 0.3 is 0 Å². The first-order valence-corrected chi connectivity index (χ1v) is 14.0. The summed E-state index contributed by atoms with van der Waals surface area (Å²) >= 11 is 0. The van der Waals surface area contributed by atoms with Gasteiger partial charge in [0.15, 0.2) is 11.6 Å². The molecule has 10 nitrogen and oxygen atoms in total. The molecule has 2 saturated heterocycles. The molecule has 1 amide bonds. The van der Waals surface area contributed by atoms with Crippen molar-refractivity contribution in [3.05, 3.63) is 58.5 Å². The molecule has 0 saturated carbocycles. The quantitative estimate of drug-likeness (QED) is 0.478. The van der Waals surface area contributed by atoms with Crippen LogP contribution in [0.4, 0.5) is 11.8 Å². The van der Waals surface area contributed by atoms with Crippen LogP contribution in [-0.4, -0.2) is 64.6 Å². The van der Waals surface area contributed by atoms with Crippen LogP contribution in [0.2, 0.25) is 0 Å². The fourth-order valence-electron chi connectivity index (χ4n) is 5.75. The molecule has 0 unspecified atom stereocenters. The molecule has 0 bridgehead atoms. The Hall–Kier alpha value is -3.66. The van der Waals surface area contributed by atoms with Crippen molar-refractivity contribution in [2.75, 3.05) is 43.1 Å². The van der Waals surface area contributed by atoms with E-state index in [2.05, 4.69) is 32.8 Å². The number of anilines is 2. The smallest absolute Gasteiger partial charge is 0.251 e. The Kier molecular flexibility index (Phi) is 7.36. The van der Waals surface area contributed by atoms with E-state index in [1.807, 2.05) is 32.3 Å². The number of rotatable bonds is 7. The van der Waals surface area contributed by atoms with Gasteiger partial charge in [0, 0.05) is 69.7 Å². The van der Waals surface area contributed by atoms with Gasteiger partial charge in [-0.15, -0.1) is 0 Å². The molecular formula is C29H37N7O3. The Morgan fingerprint density at radius 3 is 2.54 bits per heavy atom. The lowest BCUT2D eigenvalue weighted by Crippen LogP contribution is -2.35. The Balaban J connectivity index is 1.06. The number of nitrogens with zero attached hydrogens (tertiary/aromatic N) is 5. The lowest BCUT2D eigenvalue weighted by Gasteiger charge is -2.33. The van der Waals surface area contributed by atoms with Crippen LogP contribution < -0.4 is 20.3 Å². The maximum absolute atomic E-state index is 12.7. The average molecular weight is 532 g/mol. The fourth-order valence-corrected chi connectivity index (χ4v) is 5.75. The summed E-state index contributed by atoms with van der Waals surface area (Å²) in [6.45, 7) is 6.44. The van der Waals surface area contributed by atoms with Crippen molar-refractivity contribution in [3.63, 3.8) is 0 Å². The van der Waals surface area contributed by atoms with E-state index in [9.17, 15) is 4.79 Å². The third-order valence-electron chi connectivity index (χ3n) is 8.05. The highest BCUT2D eigenvalue weighted by atomic mass is 16.5. The van der Waals surface area contributed by atoms with Crippen molar-refractivity contribution in [2.24, 2.45) is 7.05 Å². The van der Waals surface area contributed by atoms with Crippen molar-refractivity contribution < 1.29 is 14.3 Å². The third-order valence-corrected chi connectivity index (χ3v) is 8.05. The van der Waals surface area contributed by atoms with Crippen molar-refractivity contribution in [1.29, 1.82) is 0 Å². The summed E-state index contributed by atoms with van der Waals surface area (Å²) < 4.78 is 13.2. The van der Waals surface area contributed by atoms with Crippen molar-refractivity contribution in [1.82, 2.24) is 25.1 Å². The number of hydrogen-bond acceptors (Lipinski definition) is 8. The van der Waals surface area contributed by atoms with E-state index in [1.54, 1.807) is 4.68 Å². The number of carbonyl (C=O) groups is 1. The highest BCUT2D eigenvalue weighted by molar-refractivity contribution is 5.94. The van der Waals surface area contributed by atoms with Crippen LogP contribution in [-0.2, 0) is 24.8 Å². The number of aryl methyl sites for hydroxylation is 2. The van der Waals surface area contributed by atoms with Gasteiger partial charge in [-0.1, -0.05) is 12.1 Å². The molecular weight excluding hydrogens is 494 g/mol. The summed E-state index contributed by atoms with van der Waals surface area (Å²) in [4.78, 5) is 24.8. The van der Waals surface area contributed by atoms with Gasteiger partial charge in [-0.3, -0.25) is 9.48 Å². The van der Waals surface area contributed by atoms with Crippen LogP contribution in [0.5, 0.6) is 5.75 Å². The van der Waals surface area contributed by atoms with Crippen LogP contribution in [0.15, 0.2) is 30.5 Å². The topological polar surface area (TPSA) is 106 Å². The van der Waals surface area contributed by atoms with Crippen LogP contribution in [0.1, 0.15) is 64.5 Å². The van der Waals surface area contributed by atoms with Gasteiger partial charge in [0.05, 0.1) is 18.0 Å². The minimum Gasteiger partial charge on any atom is -0.487 e. The highest BCUT2D eigenvalue weighted by Crippen LogP contribution is 2.36. The van der Waals surface area contributed by atoms with E-state index in [0.29, 0.717) is 30.7 Å². The van der Waals surface area contributed by atoms with Gasteiger partial charge in [-0.05, 0) is 56.2 Å². The van der Waals surface area contributed by atoms with Gasteiger partial charge in [0.2, 0.25) is 5.95 Å². The zero-order valence-electron chi connectivity index (χ0n) is 22.8. The predicted octanol–water partition coefficient (Wildman–Crippen LogP) is 3.36. The molecule has 3 aliphatic rings. The first-order chi connectivity index (χ1) is 19.0. The van der Waals surface area contributed by atoms with Crippen LogP contribution in [0.3, 0.4) is 0 Å². The second-order valence-corrected chi connectivity index (χ2v) is 10.8. The Morgan fingerprint density at radius 1 is 1.05 bits per heavy atom. The van der Waals surface area contributed by atoms with Gasteiger partial charge in [-0.2, -0.15) is 10.1 Å². The molecule has 0 radical (unpaired) electrons. The number of amides is 1. The zero-order chi connectivity index (χ0) is 26.8. The lowest BCUT2D eigenvalue weighted by atomic mass is 9.89. The first-order valence-electron chi connectivity index (χ1n) is 14.0. The van der Waals surface area contributed by atoms with Crippen molar-refractivity contribution in [3.8, 4) is 5.75 Å². The fraction of sp³-hybridized carbons (Fsp3) is 0.517. The third kappa shape index (κ3) is 5.71. The normalized spacial score (nSPS) is 18.1. The summed E-state index contributed by atoms with van der Waals surface area (Å²) in [5.74, 6) is 2.83. The SMILES string of the molecule is Cc1nn(C)cc1CNC(=O)c1ccc(C2CCN(c3nc4c(c(NC5CCOCC5)n3)OCC4)CC2)cc1. The van der Waals surface area contributed by atoms with E-state index < -0.39 is 0 Å². The van der Waals surface area contributed by atoms with Crippen molar-refractivity contribution >= 4 is 17.7 Å². The molecule has 6 rings (SSSR count). The summed E-state index contributed by atoms with van der Waals surface area (Å²) in [5, 5.41) is 11.0. The number of hydrogen-bond donors (Lipinski definition) is 2. The van der Waals surface area contributed by atoms with Gasteiger partial charge < -0.3 is 25.0 Å².